The molecule has 0 spiro atoms. The van der Waals surface area contributed by atoms with Crippen LogP contribution in [0.3, 0.4) is 0 Å². The van der Waals surface area contributed by atoms with Gasteiger partial charge < -0.3 is 5.32 Å². The van der Waals surface area contributed by atoms with E-state index in [-0.39, 0.29) is 5.91 Å². The van der Waals surface area contributed by atoms with Crippen molar-refractivity contribution in [2.75, 3.05) is 5.32 Å². The lowest BCUT2D eigenvalue weighted by Gasteiger charge is -1.98. The van der Waals surface area contributed by atoms with Gasteiger partial charge in [0.2, 0.25) is 0 Å². The number of amides is 1. The topological polar surface area (TPSA) is 46.9 Å². The predicted octanol–water partition coefficient (Wildman–Crippen LogP) is 2.99. The number of nitrogens with one attached hydrogen (secondary N) is 1. The molecule has 2 aromatic rings. The molecule has 0 atom stereocenters. The molecule has 0 aliphatic carbocycles. The maximum Gasteiger partial charge on any atom is 0.265 e. The smallest absolute Gasteiger partial charge is 0.265 e. The van der Waals surface area contributed by atoms with Crippen molar-refractivity contribution in [3.05, 3.63) is 33.8 Å². The zero-order valence-corrected chi connectivity index (χ0v) is 11.7. The van der Waals surface area contributed by atoms with Crippen LogP contribution in [0.5, 0.6) is 0 Å². The van der Waals surface area contributed by atoms with E-state index in [2.05, 4.69) is 24.3 Å². The van der Waals surface area contributed by atoms with Gasteiger partial charge in [-0.15, -0.1) is 11.3 Å². The van der Waals surface area contributed by atoms with Gasteiger partial charge in [-0.3, -0.25) is 9.48 Å². The first kappa shape index (κ1) is 12.8. The quantitative estimate of drug-likeness (QED) is 0.921. The van der Waals surface area contributed by atoms with Crippen molar-refractivity contribution in [3.63, 3.8) is 0 Å². The Hall–Kier alpha value is -1.62. The van der Waals surface area contributed by atoms with Crippen molar-refractivity contribution in [2.45, 2.75) is 26.7 Å². The monoisotopic (exact) mass is 263 g/mol. The van der Waals surface area contributed by atoms with Gasteiger partial charge in [-0.2, -0.15) is 5.10 Å². The van der Waals surface area contributed by atoms with E-state index in [9.17, 15) is 4.79 Å². The number of nitrogens with zero attached hydrogens (tertiary/aromatic N) is 2. The standard InChI is InChI=1S/C13H17N3OS/c1-4-5-10-6-12(18-9(10)2)13(17)15-11-7-14-16(3)8-11/h6-8H,4-5H2,1-3H3,(H,15,17). The minimum atomic E-state index is -0.0570. The summed E-state index contributed by atoms with van der Waals surface area (Å²) in [7, 11) is 1.82. The van der Waals surface area contributed by atoms with E-state index in [4.69, 9.17) is 0 Å². The number of aromatic nitrogens is 2. The number of carbonyl (C=O) groups is 1. The van der Waals surface area contributed by atoms with Gasteiger partial charge in [0.15, 0.2) is 0 Å². The third-order valence-corrected chi connectivity index (χ3v) is 3.82. The van der Waals surface area contributed by atoms with Crippen LogP contribution in [0.2, 0.25) is 0 Å². The molecule has 0 aliphatic rings. The second-order valence-electron chi connectivity index (χ2n) is 4.30. The van der Waals surface area contributed by atoms with Crippen LogP contribution in [0.4, 0.5) is 5.69 Å². The lowest BCUT2D eigenvalue weighted by Crippen LogP contribution is -2.09. The van der Waals surface area contributed by atoms with Gasteiger partial charge in [-0.25, -0.2) is 0 Å². The van der Waals surface area contributed by atoms with Crippen molar-refractivity contribution in [1.82, 2.24) is 9.78 Å². The first-order valence-corrected chi connectivity index (χ1v) is 6.81. The number of carbonyl (C=O) groups excluding carboxylic acids is 1. The zero-order chi connectivity index (χ0) is 13.1. The van der Waals surface area contributed by atoms with Crippen molar-refractivity contribution in [3.8, 4) is 0 Å². The summed E-state index contributed by atoms with van der Waals surface area (Å²) >= 11 is 1.55. The fraction of sp³-hybridized carbons (Fsp3) is 0.385. The van der Waals surface area contributed by atoms with Crippen molar-refractivity contribution in [2.24, 2.45) is 7.05 Å². The van der Waals surface area contributed by atoms with Gasteiger partial charge in [0.1, 0.15) is 0 Å². The normalized spacial score (nSPS) is 10.6. The van der Waals surface area contributed by atoms with Crippen LogP contribution in [0.15, 0.2) is 18.5 Å². The van der Waals surface area contributed by atoms with Crippen LogP contribution >= 0.6 is 11.3 Å². The molecule has 2 aromatic heterocycles. The second-order valence-corrected chi connectivity index (χ2v) is 5.56. The highest BCUT2D eigenvalue weighted by Crippen LogP contribution is 2.23. The molecule has 0 saturated carbocycles. The Morgan fingerprint density at radius 1 is 1.56 bits per heavy atom. The Bertz CT molecular complexity index is 556. The summed E-state index contributed by atoms with van der Waals surface area (Å²) in [6.45, 7) is 4.21. The van der Waals surface area contributed by atoms with E-state index in [1.54, 1.807) is 28.4 Å². The lowest BCUT2D eigenvalue weighted by molar-refractivity contribution is 0.103. The number of thiophene rings is 1. The van der Waals surface area contributed by atoms with E-state index in [0.29, 0.717) is 0 Å². The maximum atomic E-state index is 12.1. The molecular formula is C13H17N3OS. The van der Waals surface area contributed by atoms with Crippen LogP contribution in [-0.4, -0.2) is 15.7 Å². The third kappa shape index (κ3) is 2.79. The maximum absolute atomic E-state index is 12.1. The van der Waals surface area contributed by atoms with E-state index < -0.39 is 0 Å². The van der Waals surface area contributed by atoms with Gasteiger partial charge >= 0.3 is 0 Å². The summed E-state index contributed by atoms with van der Waals surface area (Å²) in [6.07, 6.45) is 5.56. The molecule has 4 nitrogen and oxygen atoms in total. The Balaban J connectivity index is 2.11. The van der Waals surface area contributed by atoms with Crippen LogP contribution in [0.25, 0.3) is 0 Å². The van der Waals surface area contributed by atoms with Gasteiger partial charge in [-0.1, -0.05) is 13.3 Å². The minimum absolute atomic E-state index is 0.0570. The first-order chi connectivity index (χ1) is 8.60. The molecule has 0 bridgehead atoms. The van der Waals surface area contributed by atoms with E-state index in [1.807, 2.05) is 13.1 Å². The summed E-state index contributed by atoms with van der Waals surface area (Å²) in [4.78, 5) is 14.0. The number of rotatable bonds is 4. The fourth-order valence-corrected chi connectivity index (χ4v) is 2.79. The van der Waals surface area contributed by atoms with Crippen LogP contribution in [-0.2, 0) is 13.5 Å². The Morgan fingerprint density at radius 2 is 2.33 bits per heavy atom. The van der Waals surface area contributed by atoms with Crippen LogP contribution in [0.1, 0.15) is 33.5 Å². The number of hydrogen-bond acceptors (Lipinski definition) is 3. The molecule has 1 N–H and O–H groups in total. The number of aryl methyl sites for hydroxylation is 3. The highest BCUT2D eigenvalue weighted by atomic mass is 32.1. The summed E-state index contributed by atoms with van der Waals surface area (Å²) in [5, 5.41) is 6.87. The fourth-order valence-electron chi connectivity index (χ4n) is 1.83. The summed E-state index contributed by atoms with van der Waals surface area (Å²) in [6, 6.07) is 2.00. The molecule has 2 rings (SSSR count). The Labute approximate surface area is 111 Å². The van der Waals surface area contributed by atoms with Gasteiger partial charge in [0.05, 0.1) is 16.8 Å². The van der Waals surface area contributed by atoms with Gasteiger partial charge in [-0.05, 0) is 25.0 Å². The number of hydrogen-bond donors (Lipinski definition) is 1. The first-order valence-electron chi connectivity index (χ1n) is 5.99. The molecular weight excluding hydrogens is 246 g/mol. The molecule has 0 unspecified atom stereocenters. The average Bonchev–Trinajstić information content (AvgIpc) is 2.87. The molecule has 2 heterocycles. The highest BCUT2D eigenvalue weighted by Gasteiger charge is 2.12. The summed E-state index contributed by atoms with van der Waals surface area (Å²) < 4.78 is 1.66. The molecule has 0 saturated heterocycles. The number of anilines is 1. The van der Waals surface area contributed by atoms with E-state index in [0.717, 1.165) is 23.4 Å². The molecule has 5 heteroatoms. The Kier molecular flexibility index (Phi) is 3.81. The summed E-state index contributed by atoms with van der Waals surface area (Å²) in [5.41, 5.74) is 2.00. The SMILES string of the molecule is CCCc1cc(C(=O)Nc2cnn(C)c2)sc1C. The van der Waals surface area contributed by atoms with Crippen molar-refractivity contribution < 1.29 is 4.79 Å². The minimum Gasteiger partial charge on any atom is -0.319 e. The summed E-state index contributed by atoms with van der Waals surface area (Å²) in [5.74, 6) is -0.0570. The lowest BCUT2D eigenvalue weighted by atomic mass is 10.1. The highest BCUT2D eigenvalue weighted by molar-refractivity contribution is 7.14. The Morgan fingerprint density at radius 3 is 2.94 bits per heavy atom. The second kappa shape index (κ2) is 5.35. The van der Waals surface area contributed by atoms with E-state index in [1.165, 1.54) is 10.4 Å². The average molecular weight is 263 g/mol. The molecule has 0 fully saturated rings. The molecule has 0 radical (unpaired) electrons. The van der Waals surface area contributed by atoms with Crippen molar-refractivity contribution >= 4 is 22.9 Å². The van der Waals surface area contributed by atoms with Gasteiger partial charge in [0, 0.05) is 18.1 Å². The molecule has 96 valence electrons. The van der Waals surface area contributed by atoms with Gasteiger partial charge in [0.25, 0.3) is 5.91 Å². The zero-order valence-electron chi connectivity index (χ0n) is 10.9. The van der Waals surface area contributed by atoms with Crippen LogP contribution in [0, 0.1) is 6.92 Å². The molecule has 0 aromatic carbocycles. The largest absolute Gasteiger partial charge is 0.319 e. The molecule has 0 aliphatic heterocycles. The molecule has 1 amide bonds. The van der Waals surface area contributed by atoms with E-state index >= 15 is 0 Å². The predicted molar refractivity (Wildman–Crippen MR) is 74.2 cm³/mol. The third-order valence-electron chi connectivity index (χ3n) is 2.73. The van der Waals surface area contributed by atoms with Crippen molar-refractivity contribution in [1.29, 1.82) is 0 Å². The van der Waals surface area contributed by atoms with Crippen LogP contribution < -0.4 is 5.32 Å². The molecule has 18 heavy (non-hydrogen) atoms.